The summed E-state index contributed by atoms with van der Waals surface area (Å²) in [7, 11) is 12.3. The molecule has 14 unspecified atom stereocenters. The number of methoxy groups -OCH3 is 4. The number of likely N-dealkylation sites (tertiary alicyclic amines) is 2. The Morgan fingerprint density at radius 3 is 1.87 bits per heavy atom. The highest BCUT2D eigenvalue weighted by Gasteiger charge is 2.55. The number of nitrogens with zero attached hydrogens (tertiary/aromatic N) is 2. The van der Waals surface area contributed by atoms with Gasteiger partial charge in [-0.1, -0.05) is 0 Å². The van der Waals surface area contributed by atoms with Gasteiger partial charge >= 0.3 is 0 Å². The molecule has 8 rings (SSSR count). The average molecular weight is 647 g/mol. The van der Waals surface area contributed by atoms with Gasteiger partial charge in [0.1, 0.15) is 6.10 Å². The van der Waals surface area contributed by atoms with Crippen LogP contribution in [0.15, 0.2) is 0 Å². The molecule has 0 aromatic heterocycles. The van der Waals surface area contributed by atoms with Gasteiger partial charge in [0.25, 0.3) is 0 Å². The number of hydrogen-bond donors (Lipinski definition) is 0. The van der Waals surface area contributed by atoms with Crippen LogP contribution in [0.4, 0.5) is 0 Å². The Balaban J connectivity index is 1.24. The minimum atomic E-state index is -0.0676. The maximum absolute atomic E-state index is 7.57. The first kappa shape index (κ1) is 34.1. The van der Waals surface area contributed by atoms with Gasteiger partial charge in [-0.2, -0.15) is 0 Å². The summed E-state index contributed by atoms with van der Waals surface area (Å²) in [6.07, 6.45) is 17.8. The molecule has 0 spiro atoms. The van der Waals surface area contributed by atoms with Crippen LogP contribution in [-0.2, 0) is 28.4 Å². The molecule has 4 saturated carbocycles. The fourth-order valence-electron chi connectivity index (χ4n) is 12.1. The highest BCUT2D eigenvalue weighted by Crippen LogP contribution is 2.50. The monoisotopic (exact) mass is 646 g/mol. The molecule has 6 bridgehead atoms. The van der Waals surface area contributed by atoms with E-state index in [1.807, 2.05) is 28.4 Å². The Morgan fingerprint density at radius 2 is 1.15 bits per heavy atom. The fourth-order valence-corrected chi connectivity index (χ4v) is 12.1. The summed E-state index contributed by atoms with van der Waals surface area (Å²) in [6, 6.07) is 1.09. The first-order valence-electron chi connectivity index (χ1n) is 19.2. The standard InChI is InChI=1S/C38H66N2O6/c1-39-15-13-25-20-32(42-4)34-22-28(25)29(39)17-23-7-10-27(11-8-23)45-33-19-24(9-12-31(33)41-3)18-30-36-26(14-16-40(30)2)21-35(43-5)37(44-6)38(36)46-34/h23-38H,7-22H2,1-6H3. The van der Waals surface area contributed by atoms with Crippen LogP contribution in [0.5, 0.6) is 0 Å². The van der Waals surface area contributed by atoms with Crippen LogP contribution in [0.25, 0.3) is 0 Å². The van der Waals surface area contributed by atoms with Crippen LogP contribution in [0, 0.1) is 35.5 Å². The Kier molecular flexibility index (Phi) is 11.0. The van der Waals surface area contributed by atoms with Crippen molar-refractivity contribution in [2.24, 2.45) is 35.5 Å². The second-order valence-electron chi connectivity index (χ2n) is 16.8. The Labute approximate surface area is 279 Å². The Morgan fingerprint density at radius 1 is 0.522 bits per heavy atom. The Bertz CT molecular complexity index is 979. The SMILES string of the molecule is COC1CCC2CC1OC1CCC(CC1)CC1C3CC(OC4C(OC)C(OC)CC5CCN(C)C(C2)C54)C(OC)CC3CCN1C. The molecule has 0 radical (unpaired) electrons. The molecule has 264 valence electrons. The van der Waals surface area contributed by atoms with Gasteiger partial charge in [0.15, 0.2) is 0 Å². The smallest absolute Gasteiger partial charge is 0.110 e. The summed E-state index contributed by atoms with van der Waals surface area (Å²) in [5.41, 5.74) is 0. The zero-order valence-corrected chi connectivity index (χ0v) is 29.9. The van der Waals surface area contributed by atoms with E-state index in [1.165, 1.54) is 64.3 Å². The van der Waals surface area contributed by atoms with Crippen molar-refractivity contribution in [3.8, 4) is 0 Å². The largest absolute Gasteiger partial charge is 0.379 e. The van der Waals surface area contributed by atoms with Crippen molar-refractivity contribution in [2.75, 3.05) is 55.6 Å². The van der Waals surface area contributed by atoms with E-state index in [4.69, 9.17) is 28.4 Å². The minimum Gasteiger partial charge on any atom is -0.379 e. The lowest BCUT2D eigenvalue weighted by Crippen LogP contribution is -2.64. The quantitative estimate of drug-likeness (QED) is 0.402. The molecule has 8 heteroatoms. The predicted molar refractivity (Wildman–Crippen MR) is 179 cm³/mol. The number of hydrogen-bond acceptors (Lipinski definition) is 8. The van der Waals surface area contributed by atoms with E-state index >= 15 is 0 Å². The molecule has 46 heavy (non-hydrogen) atoms. The number of ether oxygens (including phenoxy) is 6. The van der Waals surface area contributed by atoms with Crippen LogP contribution in [-0.4, -0.2) is 126 Å². The van der Waals surface area contributed by atoms with Gasteiger partial charge in [0, 0.05) is 46.4 Å². The van der Waals surface area contributed by atoms with Gasteiger partial charge in [-0.25, -0.2) is 0 Å². The van der Waals surface area contributed by atoms with Crippen LogP contribution < -0.4 is 0 Å². The topological polar surface area (TPSA) is 61.9 Å². The molecule has 4 saturated heterocycles. The van der Waals surface area contributed by atoms with Crippen LogP contribution >= 0.6 is 0 Å². The van der Waals surface area contributed by atoms with E-state index in [0.717, 1.165) is 50.5 Å². The van der Waals surface area contributed by atoms with Gasteiger partial charge in [-0.3, -0.25) is 0 Å². The molecule has 14 atom stereocenters. The molecule has 4 aliphatic heterocycles. The molecular weight excluding hydrogens is 580 g/mol. The van der Waals surface area contributed by atoms with Crippen molar-refractivity contribution in [1.82, 2.24) is 9.80 Å². The van der Waals surface area contributed by atoms with Crippen LogP contribution in [0.1, 0.15) is 89.9 Å². The summed E-state index contributed by atoms with van der Waals surface area (Å²) >= 11 is 0. The highest BCUT2D eigenvalue weighted by atomic mass is 16.6. The van der Waals surface area contributed by atoms with Gasteiger partial charge < -0.3 is 38.2 Å². The number of rotatable bonds is 4. The summed E-state index contributed by atoms with van der Waals surface area (Å²) in [5.74, 6) is 3.81. The molecule has 0 aromatic rings. The summed E-state index contributed by atoms with van der Waals surface area (Å²) < 4.78 is 39.6. The summed E-state index contributed by atoms with van der Waals surface area (Å²) in [5, 5.41) is 0. The fraction of sp³-hybridized carbons (Fsp3) is 1.00. The van der Waals surface area contributed by atoms with Crippen LogP contribution in [0.3, 0.4) is 0 Å². The van der Waals surface area contributed by atoms with Crippen molar-refractivity contribution in [3.05, 3.63) is 0 Å². The first-order chi connectivity index (χ1) is 22.4. The van der Waals surface area contributed by atoms with Crippen LogP contribution in [0.2, 0.25) is 0 Å². The first-order valence-corrected chi connectivity index (χ1v) is 19.2. The van der Waals surface area contributed by atoms with Gasteiger partial charge in [0.05, 0.1) is 42.7 Å². The number of piperidine rings is 2. The van der Waals surface area contributed by atoms with E-state index in [-0.39, 0.29) is 42.7 Å². The molecular formula is C38H66N2O6. The second kappa shape index (κ2) is 14.9. The van der Waals surface area contributed by atoms with Crippen molar-refractivity contribution in [1.29, 1.82) is 0 Å². The Hall–Kier alpha value is -0.320. The van der Waals surface area contributed by atoms with Gasteiger partial charge in [-0.05, 0) is 147 Å². The molecule has 0 aromatic carbocycles. The van der Waals surface area contributed by atoms with E-state index in [9.17, 15) is 0 Å². The van der Waals surface area contributed by atoms with E-state index in [0.29, 0.717) is 41.9 Å². The van der Waals surface area contributed by atoms with Gasteiger partial charge in [0.2, 0.25) is 0 Å². The minimum absolute atomic E-state index is 0.00215. The zero-order valence-electron chi connectivity index (χ0n) is 29.9. The molecule has 4 heterocycles. The average Bonchev–Trinajstić information content (AvgIpc) is 3.07. The third-order valence-corrected chi connectivity index (χ3v) is 14.6. The normalized spacial score (nSPS) is 50.7. The van der Waals surface area contributed by atoms with E-state index in [2.05, 4.69) is 23.9 Å². The molecule has 4 aliphatic carbocycles. The molecule has 8 nitrogen and oxygen atoms in total. The maximum Gasteiger partial charge on any atom is 0.110 e. The summed E-state index contributed by atoms with van der Waals surface area (Å²) in [6.45, 7) is 2.35. The highest BCUT2D eigenvalue weighted by molar-refractivity contribution is 5.05. The van der Waals surface area contributed by atoms with Crippen molar-refractivity contribution < 1.29 is 28.4 Å². The number of fused-ring (bicyclic) bond motifs is 2. The summed E-state index contributed by atoms with van der Waals surface area (Å²) in [4.78, 5) is 5.38. The van der Waals surface area contributed by atoms with Crippen molar-refractivity contribution >= 4 is 0 Å². The van der Waals surface area contributed by atoms with E-state index in [1.54, 1.807) is 0 Å². The van der Waals surface area contributed by atoms with Crippen molar-refractivity contribution in [2.45, 2.75) is 151 Å². The molecule has 8 aliphatic rings. The lowest BCUT2D eigenvalue weighted by atomic mass is 9.64. The third-order valence-electron chi connectivity index (χ3n) is 14.6. The molecule has 8 fully saturated rings. The van der Waals surface area contributed by atoms with Crippen molar-refractivity contribution in [3.63, 3.8) is 0 Å². The molecule has 0 N–H and O–H groups in total. The second-order valence-corrected chi connectivity index (χ2v) is 16.8. The lowest BCUT2D eigenvalue weighted by Gasteiger charge is -2.56. The zero-order chi connectivity index (χ0) is 31.9. The maximum atomic E-state index is 7.57. The predicted octanol–water partition coefficient (Wildman–Crippen LogP) is 5.41. The molecule has 0 amide bonds. The lowest BCUT2D eigenvalue weighted by molar-refractivity contribution is -0.235. The van der Waals surface area contributed by atoms with E-state index < -0.39 is 0 Å². The third kappa shape index (κ3) is 6.74. The van der Waals surface area contributed by atoms with Gasteiger partial charge in [-0.15, -0.1) is 0 Å².